The Bertz CT molecular complexity index is 1940. The van der Waals surface area contributed by atoms with Crippen LogP contribution in [0.4, 0.5) is 0 Å². The molecule has 0 saturated carbocycles. The summed E-state index contributed by atoms with van der Waals surface area (Å²) in [6.07, 6.45) is 0. The molecule has 42 heavy (non-hydrogen) atoms. The summed E-state index contributed by atoms with van der Waals surface area (Å²) in [4.78, 5) is 0. The van der Waals surface area contributed by atoms with Crippen LogP contribution in [0.5, 0.6) is 11.5 Å². The molecule has 0 atom stereocenters. The lowest BCUT2D eigenvalue weighted by molar-refractivity contribution is 0.414. The SMILES string of the molecule is COc1ccc(C#Cc2cc3c(C)cc(C)c4cc(C#Cc5ccc(OC)cc5)c5cc(C(C)(C)C)cc2c5c34)cc1. The minimum Gasteiger partial charge on any atom is -0.497 e. The second kappa shape index (κ2) is 10.5. The first-order valence-electron chi connectivity index (χ1n) is 14.3. The van der Waals surface area contributed by atoms with Crippen LogP contribution in [0.25, 0.3) is 32.3 Å². The molecule has 0 unspecified atom stereocenters. The highest BCUT2D eigenvalue weighted by Gasteiger charge is 2.21. The number of aryl methyl sites for hydroxylation is 2. The van der Waals surface area contributed by atoms with Crippen LogP contribution in [-0.2, 0) is 5.41 Å². The molecule has 6 aromatic rings. The van der Waals surface area contributed by atoms with E-state index in [1.54, 1.807) is 14.2 Å². The Kier molecular flexibility index (Phi) is 6.80. The Morgan fingerprint density at radius 3 is 1.29 bits per heavy atom. The standard InChI is InChI=1S/C40H34O2/c1-25-20-26(2)35-22-30(15-9-28-12-18-33(42-7)19-13-28)37-24-31(40(3,4)5)23-36-29(21-34(25)38(35)39(36)37)14-8-27-10-16-32(41-6)17-11-27/h10-13,16-24H,1-7H3. The first kappa shape index (κ1) is 27.3. The topological polar surface area (TPSA) is 18.5 Å². The minimum absolute atomic E-state index is 0.0440. The molecular formula is C40H34O2. The number of ether oxygens (including phenoxy) is 2. The van der Waals surface area contributed by atoms with Gasteiger partial charge in [-0.2, -0.15) is 0 Å². The molecule has 0 aliphatic rings. The maximum atomic E-state index is 5.33. The van der Waals surface area contributed by atoms with Gasteiger partial charge in [-0.3, -0.25) is 0 Å². The van der Waals surface area contributed by atoms with Crippen LogP contribution in [0.15, 0.2) is 78.9 Å². The van der Waals surface area contributed by atoms with Crippen molar-refractivity contribution in [3.63, 3.8) is 0 Å². The number of rotatable bonds is 2. The fourth-order valence-corrected chi connectivity index (χ4v) is 5.71. The molecule has 0 radical (unpaired) electrons. The lowest BCUT2D eigenvalue weighted by Gasteiger charge is -2.23. The van der Waals surface area contributed by atoms with Gasteiger partial charge in [0, 0.05) is 22.3 Å². The Labute approximate surface area is 248 Å². The number of hydrogen-bond acceptors (Lipinski definition) is 2. The lowest BCUT2D eigenvalue weighted by atomic mass is 9.80. The molecule has 6 rings (SSSR count). The van der Waals surface area contributed by atoms with E-state index < -0.39 is 0 Å². The van der Waals surface area contributed by atoms with Crippen molar-refractivity contribution in [3.8, 4) is 35.2 Å². The average molecular weight is 547 g/mol. The zero-order chi connectivity index (χ0) is 29.6. The summed E-state index contributed by atoms with van der Waals surface area (Å²) < 4.78 is 10.7. The second-order valence-electron chi connectivity index (χ2n) is 12.0. The molecule has 0 aliphatic heterocycles. The third kappa shape index (κ3) is 4.91. The van der Waals surface area contributed by atoms with Gasteiger partial charge in [0.1, 0.15) is 11.5 Å². The molecule has 0 heterocycles. The smallest absolute Gasteiger partial charge is 0.118 e. The fourth-order valence-electron chi connectivity index (χ4n) is 5.71. The monoisotopic (exact) mass is 546 g/mol. The van der Waals surface area contributed by atoms with E-state index in [4.69, 9.17) is 9.47 Å². The van der Waals surface area contributed by atoms with E-state index in [1.165, 1.54) is 49.0 Å². The Hall–Kier alpha value is -4.92. The van der Waals surface area contributed by atoms with Gasteiger partial charge in [-0.05, 0) is 141 Å². The van der Waals surface area contributed by atoms with Crippen LogP contribution >= 0.6 is 0 Å². The highest BCUT2D eigenvalue weighted by molar-refractivity contribution is 6.27. The van der Waals surface area contributed by atoms with Crippen molar-refractivity contribution in [2.45, 2.75) is 40.0 Å². The molecule has 0 aromatic heterocycles. The van der Waals surface area contributed by atoms with E-state index in [1.807, 2.05) is 48.5 Å². The first-order chi connectivity index (χ1) is 20.2. The normalized spacial score (nSPS) is 11.3. The van der Waals surface area contributed by atoms with Crippen molar-refractivity contribution in [1.82, 2.24) is 0 Å². The van der Waals surface area contributed by atoms with Gasteiger partial charge in [0.15, 0.2) is 0 Å². The van der Waals surface area contributed by atoms with Gasteiger partial charge in [0.25, 0.3) is 0 Å². The van der Waals surface area contributed by atoms with Crippen molar-refractivity contribution in [2.75, 3.05) is 14.2 Å². The van der Waals surface area contributed by atoms with Gasteiger partial charge in [0.05, 0.1) is 14.2 Å². The van der Waals surface area contributed by atoms with E-state index in [0.29, 0.717) is 0 Å². The number of benzene rings is 6. The van der Waals surface area contributed by atoms with E-state index in [-0.39, 0.29) is 5.41 Å². The zero-order valence-electron chi connectivity index (χ0n) is 25.3. The van der Waals surface area contributed by atoms with Gasteiger partial charge in [0.2, 0.25) is 0 Å². The van der Waals surface area contributed by atoms with Crippen molar-refractivity contribution < 1.29 is 9.47 Å². The van der Waals surface area contributed by atoms with Crippen LogP contribution < -0.4 is 9.47 Å². The molecule has 0 amide bonds. The average Bonchev–Trinajstić information content (AvgIpc) is 2.99. The summed E-state index contributed by atoms with van der Waals surface area (Å²) in [5.41, 5.74) is 7.71. The van der Waals surface area contributed by atoms with Crippen LogP contribution in [0, 0.1) is 37.5 Å². The van der Waals surface area contributed by atoms with E-state index in [2.05, 4.69) is 88.6 Å². The lowest BCUT2D eigenvalue weighted by Crippen LogP contribution is -2.11. The summed E-state index contributed by atoms with van der Waals surface area (Å²) in [6.45, 7) is 11.2. The Morgan fingerprint density at radius 2 is 0.905 bits per heavy atom. The van der Waals surface area contributed by atoms with Crippen molar-refractivity contribution in [1.29, 1.82) is 0 Å². The number of hydrogen-bond donors (Lipinski definition) is 0. The maximum Gasteiger partial charge on any atom is 0.118 e. The van der Waals surface area contributed by atoms with E-state index in [9.17, 15) is 0 Å². The molecule has 206 valence electrons. The van der Waals surface area contributed by atoms with Gasteiger partial charge in [-0.1, -0.05) is 50.5 Å². The first-order valence-corrected chi connectivity index (χ1v) is 14.3. The molecule has 0 saturated heterocycles. The fraction of sp³-hybridized carbons (Fsp3) is 0.200. The van der Waals surface area contributed by atoms with E-state index >= 15 is 0 Å². The summed E-state index contributed by atoms with van der Waals surface area (Å²) in [5, 5.41) is 7.37. The summed E-state index contributed by atoms with van der Waals surface area (Å²) in [6, 6.07) is 27.4. The van der Waals surface area contributed by atoms with Gasteiger partial charge >= 0.3 is 0 Å². The predicted molar refractivity (Wildman–Crippen MR) is 176 cm³/mol. The van der Waals surface area contributed by atoms with Gasteiger partial charge < -0.3 is 9.47 Å². The molecule has 0 aliphatic carbocycles. The maximum absolute atomic E-state index is 5.33. The number of methoxy groups -OCH3 is 2. The highest BCUT2D eigenvalue weighted by Crippen LogP contribution is 2.42. The Morgan fingerprint density at radius 1 is 0.500 bits per heavy atom. The molecule has 6 aromatic carbocycles. The summed E-state index contributed by atoms with van der Waals surface area (Å²) in [5.74, 6) is 15.6. The zero-order valence-corrected chi connectivity index (χ0v) is 25.3. The molecule has 0 bridgehead atoms. The highest BCUT2D eigenvalue weighted by atomic mass is 16.5. The van der Waals surface area contributed by atoms with Crippen LogP contribution in [0.3, 0.4) is 0 Å². The third-order valence-electron chi connectivity index (χ3n) is 8.10. The predicted octanol–water partition coefficient (Wildman–Crippen LogP) is 9.32. The quantitative estimate of drug-likeness (QED) is 0.159. The summed E-state index contributed by atoms with van der Waals surface area (Å²) >= 11 is 0. The molecular weight excluding hydrogens is 512 g/mol. The van der Waals surface area contributed by atoms with Gasteiger partial charge in [-0.15, -0.1) is 0 Å². The second-order valence-corrected chi connectivity index (χ2v) is 12.0. The van der Waals surface area contributed by atoms with Crippen molar-refractivity contribution >= 4 is 32.3 Å². The molecule has 0 spiro atoms. The largest absolute Gasteiger partial charge is 0.497 e. The van der Waals surface area contributed by atoms with Gasteiger partial charge in [-0.25, -0.2) is 0 Å². The molecule has 2 heteroatoms. The van der Waals surface area contributed by atoms with Crippen LogP contribution in [0.1, 0.15) is 59.7 Å². The Balaban J connectivity index is 1.68. The van der Waals surface area contributed by atoms with Crippen molar-refractivity contribution in [3.05, 3.63) is 118 Å². The molecule has 0 fully saturated rings. The summed E-state index contributed by atoms with van der Waals surface area (Å²) in [7, 11) is 3.36. The van der Waals surface area contributed by atoms with E-state index in [0.717, 1.165) is 33.8 Å². The van der Waals surface area contributed by atoms with Crippen LogP contribution in [0.2, 0.25) is 0 Å². The van der Waals surface area contributed by atoms with Crippen molar-refractivity contribution in [2.24, 2.45) is 0 Å². The molecule has 2 nitrogen and oxygen atoms in total. The molecule has 0 N–H and O–H groups in total. The third-order valence-corrected chi connectivity index (χ3v) is 8.10. The minimum atomic E-state index is -0.0440. The van der Waals surface area contributed by atoms with Crippen LogP contribution in [-0.4, -0.2) is 14.2 Å².